The Kier molecular flexibility index (Phi) is 6.02. The molecule has 0 atom stereocenters. The molecule has 0 saturated heterocycles. The van der Waals surface area contributed by atoms with Crippen molar-refractivity contribution in [3.63, 3.8) is 0 Å². The van der Waals surface area contributed by atoms with E-state index in [0.29, 0.717) is 17.9 Å². The summed E-state index contributed by atoms with van der Waals surface area (Å²) in [5.74, 6) is 2.12. The minimum atomic E-state index is -0.00129. The first-order chi connectivity index (χ1) is 16.0. The molecule has 0 unspecified atom stereocenters. The van der Waals surface area contributed by atoms with Crippen LogP contribution in [0.2, 0.25) is 0 Å². The summed E-state index contributed by atoms with van der Waals surface area (Å²) in [6.45, 7) is 5.51. The molecule has 0 bridgehead atoms. The molecule has 1 aromatic carbocycles. The standard InChI is InChI=1S/C27H34N6/c1-19(2)27(13-10-22(28)11-14-27)32-26-29-15-12-25(31-26)33-16-6-9-21-18-30-23(17-24(21)33)20-7-4-3-5-8-20/h3-5,7-8,12,15,17-19,22H,6,9-11,13-14,16,28H2,1-2H3,(H,29,31,32). The van der Waals surface area contributed by atoms with Crippen molar-refractivity contribution in [1.29, 1.82) is 0 Å². The summed E-state index contributed by atoms with van der Waals surface area (Å²) in [6, 6.07) is 14.9. The average molecular weight is 443 g/mol. The van der Waals surface area contributed by atoms with E-state index in [2.05, 4.69) is 59.4 Å². The minimum absolute atomic E-state index is 0.00129. The fourth-order valence-corrected chi connectivity index (χ4v) is 5.25. The van der Waals surface area contributed by atoms with Crippen molar-refractivity contribution in [2.24, 2.45) is 11.7 Å². The van der Waals surface area contributed by atoms with Gasteiger partial charge in [0.2, 0.25) is 5.95 Å². The second kappa shape index (κ2) is 9.10. The predicted octanol–water partition coefficient (Wildman–Crippen LogP) is 5.33. The van der Waals surface area contributed by atoms with Crippen LogP contribution >= 0.6 is 0 Å². The van der Waals surface area contributed by atoms with Crippen LogP contribution in [0.15, 0.2) is 54.9 Å². The van der Waals surface area contributed by atoms with E-state index in [4.69, 9.17) is 15.7 Å². The summed E-state index contributed by atoms with van der Waals surface area (Å²) in [5.41, 5.74) is 10.8. The second-order valence-corrected chi connectivity index (χ2v) is 9.83. The van der Waals surface area contributed by atoms with E-state index in [9.17, 15) is 0 Å². The van der Waals surface area contributed by atoms with Crippen LogP contribution in [0, 0.1) is 5.92 Å². The van der Waals surface area contributed by atoms with Gasteiger partial charge in [0.1, 0.15) is 5.82 Å². The predicted molar refractivity (Wildman–Crippen MR) is 135 cm³/mol. The number of pyridine rings is 1. The van der Waals surface area contributed by atoms with E-state index in [0.717, 1.165) is 62.1 Å². The normalized spacial score (nSPS) is 22.8. The molecule has 0 radical (unpaired) electrons. The van der Waals surface area contributed by atoms with Gasteiger partial charge in [-0.05, 0) is 62.1 Å². The van der Waals surface area contributed by atoms with Crippen molar-refractivity contribution in [2.75, 3.05) is 16.8 Å². The van der Waals surface area contributed by atoms with Crippen LogP contribution in [0.25, 0.3) is 11.3 Å². The molecule has 0 spiro atoms. The van der Waals surface area contributed by atoms with Crippen molar-refractivity contribution >= 4 is 17.5 Å². The highest BCUT2D eigenvalue weighted by molar-refractivity contribution is 5.72. The summed E-state index contributed by atoms with van der Waals surface area (Å²) in [5, 5.41) is 3.74. The molecule has 1 aliphatic heterocycles. The Morgan fingerprint density at radius 2 is 1.88 bits per heavy atom. The summed E-state index contributed by atoms with van der Waals surface area (Å²) in [4.78, 5) is 16.6. The highest BCUT2D eigenvalue weighted by Gasteiger charge is 2.38. The number of nitrogens with one attached hydrogen (secondary N) is 1. The lowest BCUT2D eigenvalue weighted by Crippen LogP contribution is -2.49. The van der Waals surface area contributed by atoms with E-state index >= 15 is 0 Å². The van der Waals surface area contributed by atoms with Crippen molar-refractivity contribution in [3.8, 4) is 11.3 Å². The number of aryl methyl sites for hydroxylation is 1. The van der Waals surface area contributed by atoms with Crippen LogP contribution < -0.4 is 16.0 Å². The molecule has 0 amide bonds. The molecule has 172 valence electrons. The number of anilines is 3. The van der Waals surface area contributed by atoms with Gasteiger partial charge in [0.05, 0.1) is 5.69 Å². The molecule has 2 aliphatic rings. The van der Waals surface area contributed by atoms with E-state index < -0.39 is 0 Å². The minimum Gasteiger partial charge on any atom is -0.348 e. The number of aromatic nitrogens is 3. The Bertz CT molecular complexity index is 1090. The average Bonchev–Trinajstić information content (AvgIpc) is 2.85. The third kappa shape index (κ3) is 4.44. The van der Waals surface area contributed by atoms with Gasteiger partial charge in [-0.3, -0.25) is 4.98 Å². The Morgan fingerprint density at radius 3 is 2.64 bits per heavy atom. The summed E-state index contributed by atoms with van der Waals surface area (Å²) in [6.07, 6.45) is 10.2. The van der Waals surface area contributed by atoms with Gasteiger partial charge in [0.15, 0.2) is 0 Å². The first-order valence-electron chi connectivity index (χ1n) is 12.2. The lowest BCUT2D eigenvalue weighted by molar-refractivity contribution is 0.230. The van der Waals surface area contributed by atoms with Crippen LogP contribution in [0.1, 0.15) is 51.5 Å². The highest BCUT2D eigenvalue weighted by Crippen LogP contribution is 2.38. The zero-order valence-electron chi connectivity index (χ0n) is 19.7. The Labute approximate surface area is 196 Å². The molecule has 33 heavy (non-hydrogen) atoms. The van der Waals surface area contributed by atoms with Gasteiger partial charge in [0.25, 0.3) is 0 Å². The fraction of sp³-hybridized carbons (Fsp3) is 0.444. The van der Waals surface area contributed by atoms with Crippen LogP contribution in [0.3, 0.4) is 0 Å². The van der Waals surface area contributed by atoms with Crippen LogP contribution in [0.5, 0.6) is 0 Å². The van der Waals surface area contributed by atoms with Crippen molar-refractivity contribution < 1.29 is 0 Å². The number of nitrogens with zero attached hydrogens (tertiary/aromatic N) is 4. The van der Waals surface area contributed by atoms with Crippen LogP contribution in [-0.2, 0) is 6.42 Å². The molecule has 3 N–H and O–H groups in total. The lowest BCUT2D eigenvalue weighted by Gasteiger charge is -2.43. The van der Waals surface area contributed by atoms with Crippen molar-refractivity contribution in [3.05, 3.63) is 60.4 Å². The van der Waals surface area contributed by atoms with Gasteiger partial charge in [0, 0.05) is 41.8 Å². The molecule has 3 aromatic rings. The molecule has 1 saturated carbocycles. The van der Waals surface area contributed by atoms with Crippen LogP contribution in [0.4, 0.5) is 17.5 Å². The molecule has 6 nitrogen and oxygen atoms in total. The maximum atomic E-state index is 6.20. The van der Waals surface area contributed by atoms with E-state index in [-0.39, 0.29) is 5.54 Å². The molecular weight excluding hydrogens is 408 g/mol. The topological polar surface area (TPSA) is 80.0 Å². The third-order valence-corrected chi connectivity index (χ3v) is 7.46. The van der Waals surface area contributed by atoms with Gasteiger partial charge >= 0.3 is 0 Å². The molecule has 2 aromatic heterocycles. The Balaban J connectivity index is 1.45. The van der Waals surface area contributed by atoms with Gasteiger partial charge in [-0.15, -0.1) is 0 Å². The van der Waals surface area contributed by atoms with Gasteiger partial charge < -0.3 is 16.0 Å². The molecule has 6 heteroatoms. The Morgan fingerprint density at radius 1 is 1.09 bits per heavy atom. The number of hydrogen-bond acceptors (Lipinski definition) is 6. The van der Waals surface area contributed by atoms with E-state index in [1.807, 2.05) is 24.5 Å². The second-order valence-electron chi connectivity index (χ2n) is 9.83. The summed E-state index contributed by atoms with van der Waals surface area (Å²) >= 11 is 0. The summed E-state index contributed by atoms with van der Waals surface area (Å²) < 4.78 is 0. The van der Waals surface area contributed by atoms with Gasteiger partial charge in [-0.2, -0.15) is 4.98 Å². The third-order valence-electron chi connectivity index (χ3n) is 7.46. The van der Waals surface area contributed by atoms with E-state index in [1.165, 1.54) is 11.3 Å². The molecule has 5 rings (SSSR count). The number of benzene rings is 1. The summed E-state index contributed by atoms with van der Waals surface area (Å²) in [7, 11) is 0. The first-order valence-corrected chi connectivity index (χ1v) is 12.2. The number of fused-ring (bicyclic) bond motifs is 1. The number of rotatable bonds is 5. The maximum Gasteiger partial charge on any atom is 0.225 e. The van der Waals surface area contributed by atoms with E-state index in [1.54, 1.807) is 0 Å². The molecule has 1 fully saturated rings. The Hall–Kier alpha value is -2.99. The first kappa shape index (κ1) is 21.8. The molecule has 3 heterocycles. The fourth-order valence-electron chi connectivity index (χ4n) is 5.25. The molecular formula is C27H34N6. The van der Waals surface area contributed by atoms with Gasteiger partial charge in [-0.1, -0.05) is 44.2 Å². The van der Waals surface area contributed by atoms with Crippen molar-refractivity contribution in [2.45, 2.75) is 64.0 Å². The monoisotopic (exact) mass is 442 g/mol. The zero-order valence-corrected chi connectivity index (χ0v) is 19.7. The highest BCUT2D eigenvalue weighted by atomic mass is 15.2. The van der Waals surface area contributed by atoms with Crippen LogP contribution in [-0.4, -0.2) is 33.1 Å². The quantitative estimate of drug-likeness (QED) is 0.556. The largest absolute Gasteiger partial charge is 0.348 e. The number of hydrogen-bond donors (Lipinski definition) is 2. The maximum absolute atomic E-state index is 6.20. The zero-order chi connectivity index (χ0) is 22.8. The van der Waals surface area contributed by atoms with Crippen molar-refractivity contribution in [1.82, 2.24) is 15.0 Å². The number of nitrogens with two attached hydrogens (primary N) is 1. The lowest BCUT2D eigenvalue weighted by atomic mass is 9.73. The smallest absolute Gasteiger partial charge is 0.225 e. The molecule has 1 aliphatic carbocycles. The van der Waals surface area contributed by atoms with Gasteiger partial charge in [-0.25, -0.2) is 4.98 Å². The SMILES string of the molecule is CC(C)C1(Nc2nccc(N3CCCc4cnc(-c5ccccc5)cc43)n2)CCC(N)CC1.